The van der Waals surface area contributed by atoms with Crippen molar-refractivity contribution < 1.29 is 33.1 Å². The van der Waals surface area contributed by atoms with E-state index in [-0.39, 0.29) is 31.8 Å². The molecule has 38 heavy (non-hydrogen) atoms. The van der Waals surface area contributed by atoms with Crippen molar-refractivity contribution in [1.29, 1.82) is 0 Å². The molecule has 0 N–H and O–H groups in total. The van der Waals surface area contributed by atoms with E-state index < -0.39 is 24.0 Å². The summed E-state index contributed by atoms with van der Waals surface area (Å²) < 4.78 is 25.7. The molecule has 1 atom stereocenters. The Morgan fingerprint density at radius 2 is 1.71 bits per heavy atom. The van der Waals surface area contributed by atoms with Crippen LogP contribution in [0.5, 0.6) is 0 Å². The number of benzene rings is 1. The Hall–Kier alpha value is -2.88. The van der Waals surface area contributed by atoms with Crippen molar-refractivity contribution in [3.63, 3.8) is 0 Å². The molecule has 2 aliphatic rings. The summed E-state index contributed by atoms with van der Waals surface area (Å²) in [6.07, 6.45) is 6.54. The maximum atomic E-state index is 14.9. The Bertz CT molecular complexity index is 924. The zero-order valence-electron chi connectivity index (χ0n) is 22.8. The molecular formula is C28H42FN3O6. The van der Waals surface area contributed by atoms with Crippen LogP contribution in [0.1, 0.15) is 78.1 Å². The van der Waals surface area contributed by atoms with Gasteiger partial charge in [0.1, 0.15) is 11.9 Å². The minimum absolute atomic E-state index is 0.0656. The van der Waals surface area contributed by atoms with E-state index in [1.165, 1.54) is 11.0 Å². The van der Waals surface area contributed by atoms with Crippen LogP contribution < -0.4 is 9.80 Å². The van der Waals surface area contributed by atoms with Gasteiger partial charge in [-0.25, -0.2) is 14.0 Å². The minimum atomic E-state index is -0.711. The fourth-order valence-electron chi connectivity index (χ4n) is 4.62. The van der Waals surface area contributed by atoms with Crippen molar-refractivity contribution in [2.45, 2.75) is 84.2 Å². The first-order valence-electron chi connectivity index (χ1n) is 14.0. The van der Waals surface area contributed by atoms with Crippen molar-refractivity contribution in [3.05, 3.63) is 24.0 Å². The predicted octanol–water partition coefficient (Wildman–Crippen LogP) is 5.22. The number of hydrogen-bond acceptors (Lipinski definition) is 7. The number of amides is 2. The molecule has 2 saturated heterocycles. The molecule has 1 aromatic carbocycles. The van der Waals surface area contributed by atoms with E-state index in [1.54, 1.807) is 12.1 Å². The highest BCUT2D eigenvalue weighted by Gasteiger charge is 2.36. The SMILES string of the molecule is CCCCCCC(=O)ON(C[C@H]1CN(c2ccc(N3CCOCC3)c(F)c2)C(=O)O1)C(=O)CCCCCC. The number of rotatable bonds is 14. The largest absolute Gasteiger partial charge is 0.442 e. The third-order valence-electron chi connectivity index (χ3n) is 6.81. The van der Waals surface area contributed by atoms with Crippen LogP contribution in [0.2, 0.25) is 0 Å². The average molecular weight is 536 g/mol. The molecule has 2 fully saturated rings. The number of carbonyl (C=O) groups excluding carboxylic acids is 3. The smallest absolute Gasteiger partial charge is 0.414 e. The summed E-state index contributed by atoms with van der Waals surface area (Å²) >= 11 is 0. The van der Waals surface area contributed by atoms with Crippen LogP contribution in [-0.4, -0.2) is 68.5 Å². The van der Waals surface area contributed by atoms with Gasteiger partial charge < -0.3 is 19.2 Å². The number of halogens is 1. The normalized spacial score (nSPS) is 17.4. The highest BCUT2D eigenvalue weighted by Crippen LogP contribution is 2.28. The second-order valence-corrected chi connectivity index (χ2v) is 9.89. The van der Waals surface area contributed by atoms with E-state index in [0.29, 0.717) is 50.5 Å². The number of ether oxygens (including phenoxy) is 2. The molecule has 3 rings (SSSR count). The summed E-state index contributed by atoms with van der Waals surface area (Å²) in [6, 6.07) is 4.66. The molecule has 0 aromatic heterocycles. The summed E-state index contributed by atoms with van der Waals surface area (Å²) in [7, 11) is 0. The van der Waals surface area contributed by atoms with Gasteiger partial charge in [0.2, 0.25) is 0 Å². The van der Waals surface area contributed by atoms with E-state index in [1.807, 2.05) is 4.90 Å². The van der Waals surface area contributed by atoms with E-state index in [2.05, 4.69) is 13.8 Å². The fraction of sp³-hybridized carbons (Fsp3) is 0.679. The standard InChI is InChI=1S/C28H42FN3O6/c1-3-5-7-9-11-26(33)32(38-27(34)12-10-8-6-4-2)21-23-20-31(28(35)37-23)22-13-14-25(24(29)19-22)30-15-17-36-18-16-30/h13-14,19,23H,3-12,15-18,20-21H2,1-2H3/t23-/m1/s1. The van der Waals surface area contributed by atoms with Gasteiger partial charge in [-0.2, -0.15) is 5.06 Å². The minimum Gasteiger partial charge on any atom is -0.442 e. The molecule has 9 nitrogen and oxygen atoms in total. The number of carbonyl (C=O) groups is 3. The second-order valence-electron chi connectivity index (χ2n) is 9.89. The van der Waals surface area contributed by atoms with Gasteiger partial charge in [-0.15, -0.1) is 0 Å². The monoisotopic (exact) mass is 535 g/mol. The molecule has 0 bridgehead atoms. The van der Waals surface area contributed by atoms with E-state index in [9.17, 15) is 18.8 Å². The average Bonchev–Trinajstić information content (AvgIpc) is 3.28. The maximum Gasteiger partial charge on any atom is 0.414 e. The Kier molecular flexibility index (Phi) is 12.1. The quantitative estimate of drug-likeness (QED) is 0.239. The lowest BCUT2D eigenvalue weighted by Crippen LogP contribution is -2.40. The lowest BCUT2D eigenvalue weighted by atomic mass is 10.1. The number of hydroxylamine groups is 2. The molecule has 2 heterocycles. The molecule has 0 saturated carbocycles. The number of morpholine rings is 1. The number of unbranched alkanes of at least 4 members (excludes halogenated alkanes) is 6. The molecule has 10 heteroatoms. The topological polar surface area (TPSA) is 88.6 Å². The van der Waals surface area contributed by atoms with Gasteiger partial charge in [-0.1, -0.05) is 52.4 Å². The van der Waals surface area contributed by atoms with Gasteiger partial charge in [-0.3, -0.25) is 9.69 Å². The van der Waals surface area contributed by atoms with Gasteiger partial charge in [0.15, 0.2) is 0 Å². The molecule has 0 spiro atoms. The van der Waals surface area contributed by atoms with Gasteiger partial charge in [-0.05, 0) is 31.0 Å². The predicted molar refractivity (Wildman–Crippen MR) is 142 cm³/mol. The third kappa shape index (κ3) is 8.85. The Balaban J connectivity index is 1.61. The highest BCUT2D eigenvalue weighted by molar-refractivity contribution is 5.90. The van der Waals surface area contributed by atoms with Crippen molar-refractivity contribution >= 4 is 29.3 Å². The summed E-state index contributed by atoms with van der Waals surface area (Å²) in [6.45, 7) is 6.52. The van der Waals surface area contributed by atoms with Gasteiger partial charge >= 0.3 is 12.1 Å². The van der Waals surface area contributed by atoms with E-state index >= 15 is 0 Å². The Morgan fingerprint density at radius 1 is 1.03 bits per heavy atom. The van der Waals surface area contributed by atoms with E-state index in [4.69, 9.17) is 14.3 Å². The molecular weight excluding hydrogens is 493 g/mol. The summed E-state index contributed by atoms with van der Waals surface area (Å²) in [5.41, 5.74) is 0.837. The van der Waals surface area contributed by atoms with Crippen molar-refractivity contribution in [2.24, 2.45) is 0 Å². The third-order valence-corrected chi connectivity index (χ3v) is 6.81. The Labute approximate surface area is 225 Å². The summed E-state index contributed by atoms with van der Waals surface area (Å²) in [5, 5.41) is 1.05. The van der Waals surface area contributed by atoms with Crippen molar-refractivity contribution in [2.75, 3.05) is 49.2 Å². The lowest BCUT2D eigenvalue weighted by Gasteiger charge is -2.29. The zero-order valence-corrected chi connectivity index (χ0v) is 22.8. The molecule has 2 amide bonds. The lowest BCUT2D eigenvalue weighted by molar-refractivity contribution is -0.202. The molecule has 1 aromatic rings. The maximum absolute atomic E-state index is 14.9. The first-order valence-corrected chi connectivity index (χ1v) is 14.0. The van der Waals surface area contributed by atoms with Crippen LogP contribution in [-0.2, 0) is 23.9 Å². The molecule has 212 valence electrons. The summed E-state index contributed by atoms with van der Waals surface area (Å²) in [4.78, 5) is 46.7. The van der Waals surface area contributed by atoms with Crippen LogP contribution in [0, 0.1) is 5.82 Å². The number of hydrogen-bond donors (Lipinski definition) is 0. The number of cyclic esters (lactones) is 1. The molecule has 2 aliphatic heterocycles. The first-order chi connectivity index (χ1) is 18.4. The van der Waals surface area contributed by atoms with Gasteiger partial charge in [0.05, 0.1) is 37.7 Å². The molecule has 0 radical (unpaired) electrons. The fourth-order valence-corrected chi connectivity index (χ4v) is 4.62. The molecule has 0 unspecified atom stereocenters. The van der Waals surface area contributed by atoms with Gasteiger partial charge in [0.25, 0.3) is 5.91 Å². The zero-order chi connectivity index (χ0) is 27.3. The first kappa shape index (κ1) is 29.7. The number of nitrogens with zero attached hydrogens (tertiary/aromatic N) is 3. The van der Waals surface area contributed by atoms with Crippen LogP contribution in [0.15, 0.2) is 18.2 Å². The van der Waals surface area contributed by atoms with Crippen LogP contribution >= 0.6 is 0 Å². The van der Waals surface area contributed by atoms with Crippen LogP contribution in [0.4, 0.5) is 20.6 Å². The van der Waals surface area contributed by atoms with Crippen molar-refractivity contribution in [3.8, 4) is 0 Å². The number of anilines is 2. The van der Waals surface area contributed by atoms with E-state index in [0.717, 1.165) is 43.6 Å². The second kappa shape index (κ2) is 15.5. The Morgan fingerprint density at radius 3 is 2.37 bits per heavy atom. The van der Waals surface area contributed by atoms with Crippen molar-refractivity contribution in [1.82, 2.24) is 5.06 Å². The van der Waals surface area contributed by atoms with Gasteiger partial charge in [0, 0.05) is 25.9 Å². The van der Waals surface area contributed by atoms with Crippen LogP contribution in [0.25, 0.3) is 0 Å². The molecule has 0 aliphatic carbocycles. The highest BCUT2D eigenvalue weighted by atomic mass is 19.1. The van der Waals surface area contributed by atoms with Crippen LogP contribution in [0.3, 0.4) is 0 Å². The summed E-state index contributed by atoms with van der Waals surface area (Å²) in [5.74, 6) is -1.20.